The third-order valence-electron chi connectivity index (χ3n) is 2.56. The molecule has 6 nitrogen and oxygen atoms in total. The van der Waals surface area contributed by atoms with E-state index in [4.69, 9.17) is 15.6 Å². The molecule has 2 unspecified atom stereocenters. The second kappa shape index (κ2) is 5.60. The maximum Gasteiger partial charge on any atom is 0.352 e. The van der Waals surface area contributed by atoms with E-state index in [1.165, 1.54) is 12.1 Å². The first-order valence-electron chi connectivity index (χ1n) is 6.08. The third kappa shape index (κ3) is 3.79. The highest BCUT2D eigenvalue weighted by Gasteiger charge is 2.47. The number of nitrogens with two attached hydrogens (primary N) is 1. The fourth-order valence-electron chi connectivity index (χ4n) is 1.70. The highest BCUT2D eigenvalue weighted by Crippen LogP contribution is 2.28. The van der Waals surface area contributed by atoms with Crippen molar-refractivity contribution in [2.45, 2.75) is 38.0 Å². The summed E-state index contributed by atoms with van der Waals surface area (Å²) in [7, 11) is 0. The second-order valence-electron chi connectivity index (χ2n) is 5.51. The summed E-state index contributed by atoms with van der Waals surface area (Å²) >= 11 is 0. The molecule has 0 saturated heterocycles. The van der Waals surface area contributed by atoms with E-state index in [9.17, 15) is 14.7 Å². The molecule has 0 aliphatic heterocycles. The van der Waals surface area contributed by atoms with Gasteiger partial charge in [0.2, 0.25) is 5.72 Å². The number of carboxylic acids is 1. The first kappa shape index (κ1) is 16.1. The van der Waals surface area contributed by atoms with E-state index >= 15 is 0 Å². The lowest BCUT2D eigenvalue weighted by Gasteiger charge is -2.30. The van der Waals surface area contributed by atoms with Crippen molar-refractivity contribution >= 4 is 11.9 Å². The number of hydrogen-bond acceptors (Lipinski definition) is 5. The summed E-state index contributed by atoms with van der Waals surface area (Å²) in [6.45, 7) is 4.93. The number of carboxylic acid groups (broad SMARTS) is 1. The SMILES string of the molecule is CC(C)(C)OC(=O)C(c1ccccc1)C(N)(O)C(=O)O. The highest BCUT2D eigenvalue weighted by molar-refractivity contribution is 5.89. The van der Waals surface area contributed by atoms with Crippen molar-refractivity contribution in [3.8, 4) is 0 Å². The third-order valence-corrected chi connectivity index (χ3v) is 2.56. The van der Waals surface area contributed by atoms with Gasteiger partial charge in [0.05, 0.1) is 0 Å². The zero-order valence-electron chi connectivity index (χ0n) is 11.7. The molecule has 0 aromatic heterocycles. The molecule has 0 aliphatic carbocycles. The molecule has 1 aromatic rings. The molecular formula is C14H19NO5. The molecule has 6 heteroatoms. The summed E-state index contributed by atoms with van der Waals surface area (Å²) in [4.78, 5) is 23.3. The normalized spacial score (nSPS) is 16.1. The van der Waals surface area contributed by atoms with E-state index in [-0.39, 0.29) is 5.56 Å². The van der Waals surface area contributed by atoms with Crippen molar-refractivity contribution in [1.82, 2.24) is 0 Å². The van der Waals surface area contributed by atoms with Gasteiger partial charge < -0.3 is 14.9 Å². The van der Waals surface area contributed by atoms with Crippen molar-refractivity contribution in [3.63, 3.8) is 0 Å². The van der Waals surface area contributed by atoms with Crippen LogP contribution in [0.25, 0.3) is 0 Å². The van der Waals surface area contributed by atoms with E-state index < -0.39 is 29.2 Å². The zero-order valence-corrected chi connectivity index (χ0v) is 11.7. The number of hydrogen-bond donors (Lipinski definition) is 3. The van der Waals surface area contributed by atoms with Crippen molar-refractivity contribution in [3.05, 3.63) is 35.9 Å². The first-order valence-corrected chi connectivity index (χ1v) is 6.08. The van der Waals surface area contributed by atoms with Crippen LogP contribution in [-0.2, 0) is 14.3 Å². The van der Waals surface area contributed by atoms with Crippen LogP contribution in [0.1, 0.15) is 32.3 Å². The maximum atomic E-state index is 12.2. The Kier molecular flexibility index (Phi) is 4.52. The Morgan fingerprint density at radius 2 is 1.70 bits per heavy atom. The summed E-state index contributed by atoms with van der Waals surface area (Å²) in [6, 6.07) is 7.95. The quantitative estimate of drug-likeness (QED) is 0.557. The number of carbonyl (C=O) groups excluding carboxylic acids is 1. The monoisotopic (exact) mass is 281 g/mol. The van der Waals surface area contributed by atoms with Crippen LogP contribution in [0.5, 0.6) is 0 Å². The van der Waals surface area contributed by atoms with Crippen LogP contribution in [0.2, 0.25) is 0 Å². The lowest BCUT2D eigenvalue weighted by Crippen LogP contribution is -2.56. The number of aliphatic hydroxyl groups is 1. The van der Waals surface area contributed by atoms with Crippen molar-refractivity contribution in [2.24, 2.45) is 5.73 Å². The minimum absolute atomic E-state index is 0.272. The van der Waals surface area contributed by atoms with E-state index in [1.54, 1.807) is 39.0 Å². The molecule has 1 rings (SSSR count). The Labute approximate surface area is 117 Å². The number of carbonyl (C=O) groups is 2. The number of benzene rings is 1. The molecule has 4 N–H and O–H groups in total. The molecule has 0 amide bonds. The molecule has 0 saturated carbocycles. The average Bonchev–Trinajstić information content (AvgIpc) is 2.27. The van der Waals surface area contributed by atoms with Crippen molar-refractivity contribution in [1.29, 1.82) is 0 Å². The smallest absolute Gasteiger partial charge is 0.352 e. The topological polar surface area (TPSA) is 110 Å². The summed E-state index contributed by atoms with van der Waals surface area (Å²) in [5.41, 5.74) is 2.12. The molecule has 1 aromatic carbocycles. The number of rotatable bonds is 4. The number of aliphatic carboxylic acids is 1. The van der Waals surface area contributed by atoms with E-state index in [0.717, 1.165) is 0 Å². The first-order chi connectivity index (χ1) is 9.05. The minimum Gasteiger partial charge on any atom is -0.478 e. The molecule has 2 atom stereocenters. The van der Waals surface area contributed by atoms with Gasteiger partial charge in [0, 0.05) is 0 Å². The summed E-state index contributed by atoms with van der Waals surface area (Å²) in [5, 5.41) is 19.0. The van der Waals surface area contributed by atoms with Gasteiger partial charge in [-0.1, -0.05) is 30.3 Å². The van der Waals surface area contributed by atoms with Gasteiger partial charge >= 0.3 is 11.9 Å². The standard InChI is InChI=1S/C14H19NO5/c1-13(2,3)20-11(16)10(14(15,19)12(17)18)9-7-5-4-6-8-9/h4-8,10,19H,15H2,1-3H3,(H,17,18). The largest absolute Gasteiger partial charge is 0.478 e. The number of ether oxygens (including phenoxy) is 1. The second-order valence-corrected chi connectivity index (χ2v) is 5.51. The van der Waals surface area contributed by atoms with E-state index in [2.05, 4.69) is 0 Å². The summed E-state index contributed by atoms with van der Waals surface area (Å²) in [5.74, 6) is -4.10. The van der Waals surface area contributed by atoms with Crippen molar-refractivity contribution < 1.29 is 24.5 Å². The predicted molar refractivity (Wildman–Crippen MR) is 71.8 cm³/mol. The van der Waals surface area contributed by atoms with Crippen LogP contribution in [0, 0.1) is 0 Å². The summed E-state index contributed by atoms with van der Waals surface area (Å²) < 4.78 is 5.15. The Morgan fingerprint density at radius 1 is 1.20 bits per heavy atom. The van der Waals surface area contributed by atoms with Crippen molar-refractivity contribution in [2.75, 3.05) is 0 Å². The number of esters is 1. The summed E-state index contributed by atoms with van der Waals surface area (Å²) in [6.07, 6.45) is 0. The van der Waals surface area contributed by atoms with Crippen LogP contribution >= 0.6 is 0 Å². The molecule has 0 bridgehead atoms. The lowest BCUT2D eigenvalue weighted by atomic mass is 9.88. The predicted octanol–water partition coefficient (Wildman–Crippen LogP) is 0.844. The van der Waals surface area contributed by atoms with Gasteiger partial charge in [-0.15, -0.1) is 0 Å². The lowest BCUT2D eigenvalue weighted by molar-refractivity contribution is -0.175. The molecule has 0 heterocycles. The highest BCUT2D eigenvalue weighted by atomic mass is 16.6. The maximum absolute atomic E-state index is 12.2. The molecule has 110 valence electrons. The average molecular weight is 281 g/mol. The molecular weight excluding hydrogens is 262 g/mol. The molecule has 0 radical (unpaired) electrons. The van der Waals surface area contributed by atoms with Crippen LogP contribution in [-0.4, -0.2) is 33.5 Å². The van der Waals surface area contributed by atoms with Crippen LogP contribution in [0.4, 0.5) is 0 Å². The Balaban J connectivity index is 3.23. The van der Waals surface area contributed by atoms with E-state index in [1.807, 2.05) is 0 Å². The van der Waals surface area contributed by atoms with Gasteiger partial charge in [0.1, 0.15) is 11.5 Å². The minimum atomic E-state index is -2.75. The van der Waals surface area contributed by atoms with Crippen LogP contribution in [0.3, 0.4) is 0 Å². The molecule has 0 fully saturated rings. The fourth-order valence-corrected chi connectivity index (χ4v) is 1.70. The van der Waals surface area contributed by atoms with Gasteiger partial charge in [0.15, 0.2) is 0 Å². The molecule has 0 spiro atoms. The van der Waals surface area contributed by atoms with Gasteiger partial charge in [-0.2, -0.15) is 0 Å². The Hall–Kier alpha value is -1.92. The van der Waals surface area contributed by atoms with Crippen LogP contribution in [0.15, 0.2) is 30.3 Å². The van der Waals surface area contributed by atoms with Gasteiger partial charge in [-0.25, -0.2) is 4.79 Å². The van der Waals surface area contributed by atoms with Crippen LogP contribution < -0.4 is 5.73 Å². The van der Waals surface area contributed by atoms with Gasteiger partial charge in [-0.05, 0) is 26.3 Å². The van der Waals surface area contributed by atoms with Gasteiger partial charge in [0.25, 0.3) is 0 Å². The Morgan fingerprint density at radius 3 is 2.10 bits per heavy atom. The molecule has 0 aliphatic rings. The van der Waals surface area contributed by atoms with Gasteiger partial charge in [-0.3, -0.25) is 10.5 Å². The zero-order chi connectivity index (χ0) is 15.6. The molecule has 20 heavy (non-hydrogen) atoms. The van der Waals surface area contributed by atoms with E-state index in [0.29, 0.717) is 0 Å². The Bertz CT molecular complexity index is 490. The fraction of sp³-hybridized carbons (Fsp3) is 0.429.